The van der Waals surface area contributed by atoms with Crippen LogP contribution in [0.3, 0.4) is 0 Å². The Morgan fingerprint density at radius 1 is 1.42 bits per heavy atom. The van der Waals surface area contributed by atoms with Crippen LogP contribution < -0.4 is 10.5 Å². The van der Waals surface area contributed by atoms with Gasteiger partial charge in [-0.15, -0.1) is 0 Å². The number of imidazole rings is 1. The Hall–Kier alpha value is -1.86. The molecule has 0 fully saturated rings. The third-order valence-corrected chi connectivity index (χ3v) is 4.23. The molecule has 102 valence electrons. The van der Waals surface area contributed by atoms with Crippen molar-refractivity contribution in [3.63, 3.8) is 0 Å². The third kappa shape index (κ3) is 3.33. The molecule has 0 bridgehead atoms. The van der Waals surface area contributed by atoms with E-state index in [0.717, 1.165) is 11.4 Å². The smallest absolute Gasteiger partial charge is 0.240 e. The fourth-order valence-electron chi connectivity index (χ4n) is 1.61. The van der Waals surface area contributed by atoms with E-state index in [-0.39, 0.29) is 11.4 Å². The molecule has 0 amide bonds. The summed E-state index contributed by atoms with van der Waals surface area (Å²) in [5.41, 5.74) is 7.04. The molecule has 0 aliphatic heterocycles. The monoisotopic (exact) mass is 280 g/mol. The van der Waals surface area contributed by atoms with Crippen molar-refractivity contribution in [2.45, 2.75) is 18.2 Å². The summed E-state index contributed by atoms with van der Waals surface area (Å²) >= 11 is 0. The summed E-state index contributed by atoms with van der Waals surface area (Å²) in [4.78, 5) is 7.11. The van der Waals surface area contributed by atoms with Gasteiger partial charge in [0.05, 0.1) is 4.90 Å². The number of benzene rings is 1. The highest BCUT2D eigenvalue weighted by atomic mass is 32.2. The van der Waals surface area contributed by atoms with Gasteiger partial charge in [-0.3, -0.25) is 0 Å². The number of aromatic nitrogens is 2. The van der Waals surface area contributed by atoms with Crippen molar-refractivity contribution in [3.05, 3.63) is 42.0 Å². The molecular weight excluding hydrogens is 264 g/mol. The van der Waals surface area contributed by atoms with Crippen LogP contribution in [0, 0.1) is 6.92 Å². The molecule has 0 atom stereocenters. The highest BCUT2D eigenvalue weighted by molar-refractivity contribution is 7.89. The van der Waals surface area contributed by atoms with Crippen molar-refractivity contribution in [1.29, 1.82) is 0 Å². The molecule has 2 aromatic rings. The van der Waals surface area contributed by atoms with Gasteiger partial charge < -0.3 is 10.7 Å². The second-order valence-corrected chi connectivity index (χ2v) is 5.97. The number of hydrogen-bond acceptors (Lipinski definition) is 4. The summed E-state index contributed by atoms with van der Waals surface area (Å²) in [5, 5.41) is 0. The van der Waals surface area contributed by atoms with Crippen molar-refractivity contribution in [3.8, 4) is 0 Å². The predicted molar refractivity (Wildman–Crippen MR) is 73.1 cm³/mol. The lowest BCUT2D eigenvalue weighted by molar-refractivity contribution is 0.581. The van der Waals surface area contributed by atoms with Gasteiger partial charge in [0.2, 0.25) is 10.0 Å². The number of sulfonamides is 1. The van der Waals surface area contributed by atoms with Crippen LogP contribution in [-0.2, 0) is 16.4 Å². The summed E-state index contributed by atoms with van der Waals surface area (Å²) in [6.07, 6.45) is 3.84. The predicted octanol–water partition coefficient (Wildman–Crippen LogP) is 0.821. The average Bonchev–Trinajstić information content (AvgIpc) is 2.85. The van der Waals surface area contributed by atoms with E-state index in [4.69, 9.17) is 5.73 Å². The fourth-order valence-corrected chi connectivity index (χ4v) is 2.67. The van der Waals surface area contributed by atoms with E-state index < -0.39 is 10.0 Å². The maximum absolute atomic E-state index is 12.0. The minimum absolute atomic E-state index is 0.176. The number of H-pyrrole nitrogens is 1. The molecule has 0 spiro atoms. The lowest BCUT2D eigenvalue weighted by Gasteiger charge is -2.08. The van der Waals surface area contributed by atoms with E-state index in [2.05, 4.69) is 14.7 Å². The van der Waals surface area contributed by atoms with Crippen molar-refractivity contribution in [2.75, 3.05) is 12.3 Å². The number of nitrogens with one attached hydrogen (secondary N) is 2. The number of anilines is 1. The molecular formula is C12H16N4O2S. The summed E-state index contributed by atoms with van der Waals surface area (Å²) in [7, 11) is -3.52. The van der Waals surface area contributed by atoms with Crippen LogP contribution in [0.25, 0.3) is 0 Å². The Kier molecular flexibility index (Phi) is 3.87. The van der Waals surface area contributed by atoms with E-state index in [1.54, 1.807) is 24.5 Å². The molecule has 2 rings (SSSR count). The maximum atomic E-state index is 12.0. The van der Waals surface area contributed by atoms with Crippen LogP contribution in [0.15, 0.2) is 35.5 Å². The molecule has 6 nitrogen and oxygen atoms in total. The Balaban J connectivity index is 2.03. The zero-order valence-electron chi connectivity index (χ0n) is 10.6. The molecule has 0 unspecified atom stereocenters. The number of aromatic amines is 1. The number of hydrogen-bond donors (Lipinski definition) is 3. The minimum atomic E-state index is -3.52. The van der Waals surface area contributed by atoms with Gasteiger partial charge in [0.1, 0.15) is 5.82 Å². The molecule has 0 saturated carbocycles. The highest BCUT2D eigenvalue weighted by Crippen LogP contribution is 2.16. The lowest BCUT2D eigenvalue weighted by atomic mass is 10.2. The molecule has 7 heteroatoms. The first kappa shape index (κ1) is 13.6. The van der Waals surface area contributed by atoms with Crippen LogP contribution in [-0.4, -0.2) is 24.9 Å². The molecule has 1 aromatic heterocycles. The van der Waals surface area contributed by atoms with Crippen LogP contribution in [0.4, 0.5) is 5.69 Å². The number of aryl methyl sites for hydroxylation is 1. The number of rotatable bonds is 5. The van der Waals surface area contributed by atoms with Gasteiger partial charge in [-0.1, -0.05) is 6.07 Å². The maximum Gasteiger partial charge on any atom is 0.240 e. The molecule has 1 aromatic carbocycles. The summed E-state index contributed by atoms with van der Waals surface area (Å²) < 4.78 is 26.6. The van der Waals surface area contributed by atoms with Crippen molar-refractivity contribution in [1.82, 2.24) is 14.7 Å². The van der Waals surface area contributed by atoms with Crippen molar-refractivity contribution >= 4 is 15.7 Å². The number of nitrogen functional groups attached to an aromatic ring is 1. The quantitative estimate of drug-likeness (QED) is 0.706. The Morgan fingerprint density at radius 3 is 2.84 bits per heavy atom. The molecule has 19 heavy (non-hydrogen) atoms. The van der Waals surface area contributed by atoms with Crippen LogP contribution >= 0.6 is 0 Å². The lowest BCUT2D eigenvalue weighted by Crippen LogP contribution is -2.26. The van der Waals surface area contributed by atoms with E-state index >= 15 is 0 Å². The standard InChI is InChI=1S/C12H16N4O2S/c1-9-2-3-10(8-11(9)13)19(17,18)16-5-4-12-14-6-7-15-12/h2-3,6-8,16H,4-5,13H2,1H3,(H,14,15). The molecule has 0 radical (unpaired) electrons. The Labute approximate surface area is 112 Å². The molecule has 0 saturated heterocycles. The van der Waals surface area contributed by atoms with E-state index in [1.165, 1.54) is 6.07 Å². The van der Waals surface area contributed by atoms with E-state index in [1.807, 2.05) is 6.92 Å². The van der Waals surface area contributed by atoms with Gasteiger partial charge in [-0.05, 0) is 24.6 Å². The summed E-state index contributed by atoms with van der Waals surface area (Å²) in [6.45, 7) is 2.11. The van der Waals surface area contributed by atoms with Crippen molar-refractivity contribution < 1.29 is 8.42 Å². The molecule has 1 heterocycles. The van der Waals surface area contributed by atoms with E-state index in [0.29, 0.717) is 12.1 Å². The normalized spacial score (nSPS) is 11.6. The van der Waals surface area contributed by atoms with Gasteiger partial charge in [-0.25, -0.2) is 18.1 Å². The third-order valence-electron chi connectivity index (χ3n) is 2.77. The first-order chi connectivity index (χ1) is 8.99. The van der Waals surface area contributed by atoms with Gasteiger partial charge in [0.25, 0.3) is 0 Å². The van der Waals surface area contributed by atoms with Gasteiger partial charge >= 0.3 is 0 Å². The largest absolute Gasteiger partial charge is 0.398 e. The average molecular weight is 280 g/mol. The minimum Gasteiger partial charge on any atom is -0.398 e. The highest BCUT2D eigenvalue weighted by Gasteiger charge is 2.14. The zero-order valence-corrected chi connectivity index (χ0v) is 11.4. The first-order valence-corrected chi connectivity index (χ1v) is 7.31. The zero-order chi connectivity index (χ0) is 13.9. The topological polar surface area (TPSA) is 101 Å². The second-order valence-electron chi connectivity index (χ2n) is 4.20. The molecule has 0 aliphatic carbocycles. The van der Waals surface area contributed by atoms with Gasteiger partial charge in [0, 0.05) is 31.0 Å². The van der Waals surface area contributed by atoms with Gasteiger partial charge in [-0.2, -0.15) is 0 Å². The molecule has 4 N–H and O–H groups in total. The number of nitrogens with zero attached hydrogens (tertiary/aromatic N) is 1. The first-order valence-electron chi connectivity index (χ1n) is 5.83. The second kappa shape index (κ2) is 5.41. The Morgan fingerprint density at radius 2 is 2.21 bits per heavy atom. The van der Waals surface area contributed by atoms with E-state index in [9.17, 15) is 8.42 Å². The Bertz CT molecular complexity index is 650. The summed E-state index contributed by atoms with van der Waals surface area (Å²) in [6, 6.07) is 4.70. The summed E-state index contributed by atoms with van der Waals surface area (Å²) in [5.74, 6) is 0.742. The van der Waals surface area contributed by atoms with Gasteiger partial charge in [0.15, 0.2) is 0 Å². The number of nitrogens with two attached hydrogens (primary N) is 1. The van der Waals surface area contributed by atoms with Crippen molar-refractivity contribution in [2.24, 2.45) is 0 Å². The molecule has 0 aliphatic rings. The SMILES string of the molecule is Cc1ccc(S(=O)(=O)NCCc2ncc[nH]2)cc1N. The van der Waals surface area contributed by atoms with Crippen LogP contribution in [0.1, 0.15) is 11.4 Å². The van der Waals surface area contributed by atoms with Crippen LogP contribution in [0.2, 0.25) is 0 Å². The van der Waals surface area contributed by atoms with Crippen LogP contribution in [0.5, 0.6) is 0 Å². The fraction of sp³-hybridized carbons (Fsp3) is 0.250.